The van der Waals surface area contributed by atoms with Crippen LogP contribution in [0.2, 0.25) is 0 Å². The molecule has 1 unspecified atom stereocenters. The average molecular weight is 288 g/mol. The lowest BCUT2D eigenvalue weighted by molar-refractivity contribution is -0.129. The summed E-state index contributed by atoms with van der Waals surface area (Å²) in [4.78, 5) is 14.4. The number of hydrogen-bond acceptors (Lipinski definition) is 2. The molecular weight excluding hydrogens is 260 g/mol. The lowest BCUT2D eigenvalue weighted by atomic mass is 9.86. The first-order valence-electron chi connectivity index (χ1n) is 8.00. The van der Waals surface area contributed by atoms with E-state index in [1.165, 1.54) is 23.1 Å². The third-order valence-corrected chi connectivity index (χ3v) is 4.75. The van der Waals surface area contributed by atoms with Crippen molar-refractivity contribution in [2.24, 2.45) is 5.41 Å². The van der Waals surface area contributed by atoms with Gasteiger partial charge in [-0.15, -0.1) is 0 Å². The Morgan fingerprint density at radius 2 is 2.05 bits per heavy atom. The minimum absolute atomic E-state index is 0.157. The van der Waals surface area contributed by atoms with Crippen LogP contribution in [0.15, 0.2) is 18.2 Å². The summed E-state index contributed by atoms with van der Waals surface area (Å²) in [6.07, 6.45) is 4.04. The second-order valence-electron chi connectivity index (χ2n) is 6.60. The largest absolute Gasteiger partial charge is 0.359 e. The summed E-state index contributed by atoms with van der Waals surface area (Å²) in [5, 5.41) is 2.81. The van der Waals surface area contributed by atoms with Crippen LogP contribution in [0.5, 0.6) is 0 Å². The van der Waals surface area contributed by atoms with Gasteiger partial charge in [-0.25, -0.2) is 0 Å². The van der Waals surface area contributed by atoms with Gasteiger partial charge < -0.3 is 10.2 Å². The third kappa shape index (κ3) is 3.65. The molecule has 116 valence electrons. The highest BCUT2D eigenvalue weighted by atomic mass is 16.2. The Hall–Kier alpha value is -1.35. The van der Waals surface area contributed by atoms with Crippen LogP contribution in [-0.2, 0) is 24.1 Å². The number of fused-ring (bicyclic) bond motifs is 1. The molecule has 2 rings (SSSR count). The zero-order chi connectivity index (χ0) is 15.5. The van der Waals surface area contributed by atoms with E-state index >= 15 is 0 Å². The van der Waals surface area contributed by atoms with Gasteiger partial charge in [0.1, 0.15) is 0 Å². The molecule has 0 aliphatic heterocycles. The van der Waals surface area contributed by atoms with Crippen molar-refractivity contribution in [3.05, 3.63) is 34.9 Å². The van der Waals surface area contributed by atoms with Gasteiger partial charge in [-0.05, 0) is 62.5 Å². The van der Waals surface area contributed by atoms with E-state index in [-0.39, 0.29) is 11.3 Å². The van der Waals surface area contributed by atoms with Crippen LogP contribution in [0.1, 0.15) is 37.0 Å². The first kappa shape index (κ1) is 16.0. The van der Waals surface area contributed by atoms with Gasteiger partial charge in [-0.3, -0.25) is 4.79 Å². The standard InChI is InChI=1S/C18H28N2O/c1-5-20(4)10-6-7-14-8-9-15-12-18(2,17(21)19-3)13-16(15)11-14/h8-9,11H,5-7,10,12-13H2,1-4H3,(H,19,21). The van der Waals surface area contributed by atoms with Crippen LogP contribution in [0.4, 0.5) is 0 Å². The van der Waals surface area contributed by atoms with E-state index in [1.54, 1.807) is 7.05 Å². The number of carbonyl (C=O) groups is 1. The maximum Gasteiger partial charge on any atom is 0.226 e. The number of nitrogens with zero attached hydrogens (tertiary/aromatic N) is 1. The molecule has 1 aromatic rings. The van der Waals surface area contributed by atoms with Crippen LogP contribution in [0, 0.1) is 5.41 Å². The summed E-state index contributed by atoms with van der Waals surface area (Å²) >= 11 is 0. The molecular formula is C18H28N2O. The average Bonchev–Trinajstić information content (AvgIpc) is 2.82. The lowest BCUT2D eigenvalue weighted by Crippen LogP contribution is -2.37. The molecule has 3 nitrogen and oxygen atoms in total. The van der Waals surface area contributed by atoms with Gasteiger partial charge in [-0.2, -0.15) is 0 Å². The molecule has 3 heteroatoms. The number of carbonyl (C=O) groups excluding carboxylic acids is 1. The molecule has 0 saturated carbocycles. The van der Waals surface area contributed by atoms with Crippen LogP contribution in [-0.4, -0.2) is 38.0 Å². The van der Waals surface area contributed by atoms with E-state index in [4.69, 9.17) is 0 Å². The van der Waals surface area contributed by atoms with Crippen molar-refractivity contribution >= 4 is 5.91 Å². The number of nitrogens with one attached hydrogen (secondary N) is 1. The van der Waals surface area contributed by atoms with E-state index in [0.29, 0.717) is 0 Å². The fourth-order valence-corrected chi connectivity index (χ4v) is 3.25. The molecule has 21 heavy (non-hydrogen) atoms. The van der Waals surface area contributed by atoms with Crippen molar-refractivity contribution in [1.82, 2.24) is 10.2 Å². The van der Waals surface area contributed by atoms with Gasteiger partial charge >= 0.3 is 0 Å². The molecule has 0 aromatic heterocycles. The SMILES string of the molecule is CCN(C)CCCc1ccc2c(c1)CC(C)(C(=O)NC)C2. The predicted octanol–water partition coefficient (Wildman–Crippen LogP) is 2.42. The number of amides is 1. The Bertz CT molecular complexity index is 512. The molecule has 1 atom stereocenters. The fraction of sp³-hybridized carbons (Fsp3) is 0.611. The van der Waals surface area contributed by atoms with Gasteiger partial charge in [0.15, 0.2) is 0 Å². The molecule has 0 spiro atoms. The maximum absolute atomic E-state index is 12.1. The summed E-state index contributed by atoms with van der Waals surface area (Å²) < 4.78 is 0. The third-order valence-electron chi connectivity index (χ3n) is 4.75. The first-order chi connectivity index (χ1) is 9.98. The molecule has 0 saturated heterocycles. The zero-order valence-electron chi connectivity index (χ0n) is 13.8. The zero-order valence-corrected chi connectivity index (χ0v) is 13.8. The summed E-state index contributed by atoms with van der Waals surface area (Å²) in [5.41, 5.74) is 3.84. The van der Waals surface area contributed by atoms with Crippen LogP contribution in [0.25, 0.3) is 0 Å². The van der Waals surface area contributed by atoms with Crippen molar-refractivity contribution in [2.75, 3.05) is 27.2 Å². The summed E-state index contributed by atoms with van der Waals surface area (Å²) in [7, 11) is 3.89. The molecule has 0 fully saturated rings. The minimum Gasteiger partial charge on any atom is -0.359 e. The Kier molecular flexibility index (Phi) is 5.04. The highest BCUT2D eigenvalue weighted by Crippen LogP contribution is 2.37. The Morgan fingerprint density at radius 1 is 1.33 bits per heavy atom. The topological polar surface area (TPSA) is 32.3 Å². The van der Waals surface area contributed by atoms with Crippen molar-refractivity contribution in [3.8, 4) is 0 Å². The normalized spacial score (nSPS) is 20.6. The quantitative estimate of drug-likeness (QED) is 0.872. The van der Waals surface area contributed by atoms with E-state index in [1.807, 2.05) is 0 Å². The lowest BCUT2D eigenvalue weighted by Gasteiger charge is -2.20. The van der Waals surface area contributed by atoms with E-state index in [0.717, 1.165) is 32.4 Å². The number of hydrogen-bond donors (Lipinski definition) is 1. The van der Waals surface area contributed by atoms with Gasteiger partial charge in [-0.1, -0.05) is 32.0 Å². The molecule has 0 bridgehead atoms. The fourth-order valence-electron chi connectivity index (χ4n) is 3.25. The summed E-state index contributed by atoms with van der Waals surface area (Å²) in [6.45, 7) is 6.51. The smallest absolute Gasteiger partial charge is 0.226 e. The number of aryl methyl sites for hydroxylation is 1. The Balaban J connectivity index is 2.00. The van der Waals surface area contributed by atoms with Crippen molar-refractivity contribution < 1.29 is 4.79 Å². The van der Waals surface area contributed by atoms with Crippen molar-refractivity contribution in [1.29, 1.82) is 0 Å². The second-order valence-corrected chi connectivity index (χ2v) is 6.60. The van der Waals surface area contributed by atoms with Crippen LogP contribution in [0.3, 0.4) is 0 Å². The van der Waals surface area contributed by atoms with Gasteiger partial charge in [0.2, 0.25) is 5.91 Å². The monoisotopic (exact) mass is 288 g/mol. The maximum atomic E-state index is 12.1. The second kappa shape index (κ2) is 6.61. The Morgan fingerprint density at radius 3 is 2.71 bits per heavy atom. The molecule has 1 aromatic carbocycles. The van der Waals surface area contributed by atoms with E-state index in [9.17, 15) is 4.79 Å². The van der Waals surface area contributed by atoms with Crippen LogP contribution < -0.4 is 5.32 Å². The van der Waals surface area contributed by atoms with E-state index < -0.39 is 0 Å². The molecule has 1 N–H and O–H groups in total. The first-order valence-corrected chi connectivity index (χ1v) is 8.00. The summed E-state index contributed by atoms with van der Waals surface area (Å²) in [5.74, 6) is 0.157. The van der Waals surface area contributed by atoms with Crippen LogP contribution >= 0.6 is 0 Å². The Labute approximate surface area is 128 Å². The molecule has 0 heterocycles. The minimum atomic E-state index is -0.266. The predicted molar refractivity (Wildman–Crippen MR) is 87.5 cm³/mol. The number of rotatable bonds is 6. The molecule has 1 aliphatic rings. The highest BCUT2D eigenvalue weighted by molar-refractivity contribution is 5.83. The molecule has 1 aliphatic carbocycles. The molecule has 0 radical (unpaired) electrons. The highest BCUT2D eigenvalue weighted by Gasteiger charge is 2.38. The van der Waals surface area contributed by atoms with Gasteiger partial charge in [0, 0.05) is 7.05 Å². The summed E-state index contributed by atoms with van der Waals surface area (Å²) in [6, 6.07) is 6.78. The number of benzene rings is 1. The van der Waals surface area contributed by atoms with Crippen molar-refractivity contribution in [2.45, 2.75) is 39.5 Å². The van der Waals surface area contributed by atoms with Crippen molar-refractivity contribution in [3.63, 3.8) is 0 Å². The van der Waals surface area contributed by atoms with E-state index in [2.05, 4.69) is 49.3 Å². The van der Waals surface area contributed by atoms with Gasteiger partial charge in [0.05, 0.1) is 5.41 Å². The molecule has 1 amide bonds. The van der Waals surface area contributed by atoms with Gasteiger partial charge in [0.25, 0.3) is 0 Å².